The first-order valence-corrected chi connectivity index (χ1v) is 34.2. The van der Waals surface area contributed by atoms with Crippen molar-refractivity contribution in [2.45, 2.75) is 316 Å². The Hall–Kier alpha value is -4.45. The Morgan fingerprint density at radius 1 is 0.256 bits per heavy atom. The van der Waals surface area contributed by atoms with Crippen molar-refractivity contribution >= 4 is 17.9 Å². The molecule has 0 saturated heterocycles. The second-order valence-electron chi connectivity index (χ2n) is 22.3. The molecular weight excluding hydrogens is 1010 g/mol. The van der Waals surface area contributed by atoms with Gasteiger partial charge in [-0.25, -0.2) is 0 Å². The van der Waals surface area contributed by atoms with Crippen molar-refractivity contribution in [1.82, 2.24) is 0 Å². The van der Waals surface area contributed by atoms with Crippen LogP contribution >= 0.6 is 0 Å². The van der Waals surface area contributed by atoms with E-state index in [1.165, 1.54) is 128 Å². The van der Waals surface area contributed by atoms with Gasteiger partial charge in [-0.2, -0.15) is 0 Å². The zero-order valence-corrected chi connectivity index (χ0v) is 53.5. The average Bonchev–Trinajstić information content (AvgIpc) is 3.47. The van der Waals surface area contributed by atoms with Crippen LogP contribution in [0.5, 0.6) is 0 Å². The Kier molecular flexibility index (Phi) is 65.3. The zero-order valence-electron chi connectivity index (χ0n) is 53.5. The van der Waals surface area contributed by atoms with Crippen LogP contribution in [0, 0.1) is 0 Å². The molecule has 0 amide bonds. The Balaban J connectivity index is 4.42. The number of rotatable bonds is 61. The van der Waals surface area contributed by atoms with Crippen LogP contribution < -0.4 is 0 Å². The smallest absolute Gasteiger partial charge is 0.306 e. The summed E-state index contributed by atoms with van der Waals surface area (Å²) in [5.41, 5.74) is 0. The lowest BCUT2D eigenvalue weighted by molar-refractivity contribution is -0.167. The quantitative estimate of drug-likeness (QED) is 0.0261. The highest BCUT2D eigenvalue weighted by Gasteiger charge is 2.19. The topological polar surface area (TPSA) is 78.9 Å². The van der Waals surface area contributed by atoms with Crippen LogP contribution in [-0.4, -0.2) is 37.2 Å². The van der Waals surface area contributed by atoms with Crippen LogP contribution in [0.25, 0.3) is 0 Å². The summed E-state index contributed by atoms with van der Waals surface area (Å²) in [6.07, 6.45) is 97.4. The van der Waals surface area contributed by atoms with Crippen molar-refractivity contribution < 1.29 is 28.6 Å². The molecule has 0 aromatic rings. The molecule has 0 radical (unpaired) electrons. The fourth-order valence-electron chi connectivity index (χ4n) is 9.32. The fourth-order valence-corrected chi connectivity index (χ4v) is 9.32. The molecule has 0 aliphatic rings. The van der Waals surface area contributed by atoms with E-state index in [0.29, 0.717) is 19.3 Å². The number of carbonyl (C=O) groups excluding carboxylic acids is 3. The minimum Gasteiger partial charge on any atom is -0.462 e. The molecule has 0 spiro atoms. The van der Waals surface area contributed by atoms with Crippen molar-refractivity contribution in [2.24, 2.45) is 0 Å². The van der Waals surface area contributed by atoms with Crippen LogP contribution in [0.2, 0.25) is 0 Å². The lowest BCUT2D eigenvalue weighted by Gasteiger charge is -2.18. The molecule has 1 unspecified atom stereocenters. The molecule has 0 aromatic carbocycles. The van der Waals surface area contributed by atoms with Crippen LogP contribution in [0.15, 0.2) is 134 Å². The lowest BCUT2D eigenvalue weighted by atomic mass is 10.1. The molecule has 0 saturated carbocycles. The van der Waals surface area contributed by atoms with Crippen molar-refractivity contribution in [3.8, 4) is 0 Å². The highest BCUT2D eigenvalue weighted by Crippen LogP contribution is 2.16. The van der Waals surface area contributed by atoms with Gasteiger partial charge in [0.25, 0.3) is 0 Å². The average molecular weight is 1140 g/mol. The van der Waals surface area contributed by atoms with Crippen LogP contribution in [0.4, 0.5) is 0 Å². The van der Waals surface area contributed by atoms with E-state index in [1.807, 2.05) is 0 Å². The highest BCUT2D eigenvalue weighted by molar-refractivity contribution is 5.71. The van der Waals surface area contributed by atoms with E-state index in [0.717, 1.165) is 141 Å². The predicted octanol–water partition coefficient (Wildman–Crippen LogP) is 23.7. The maximum atomic E-state index is 13.0. The summed E-state index contributed by atoms with van der Waals surface area (Å²) in [6.45, 7) is 6.41. The summed E-state index contributed by atoms with van der Waals surface area (Å²) < 4.78 is 17.0. The van der Waals surface area contributed by atoms with Crippen molar-refractivity contribution in [3.63, 3.8) is 0 Å². The number of ether oxygens (including phenoxy) is 3. The molecular formula is C76H126O6. The summed E-state index contributed by atoms with van der Waals surface area (Å²) >= 11 is 0. The minimum atomic E-state index is -0.797. The van der Waals surface area contributed by atoms with Crippen molar-refractivity contribution in [3.05, 3.63) is 134 Å². The number of unbranched alkanes of at least 4 members (excludes halogenated alkanes) is 28. The molecule has 0 heterocycles. The first-order valence-electron chi connectivity index (χ1n) is 34.2. The van der Waals surface area contributed by atoms with E-state index in [-0.39, 0.29) is 31.1 Å². The number of hydrogen-bond acceptors (Lipinski definition) is 6. The summed E-state index contributed by atoms with van der Waals surface area (Å²) in [5, 5.41) is 0. The van der Waals surface area contributed by atoms with Gasteiger partial charge in [0.15, 0.2) is 6.10 Å². The molecule has 0 aliphatic heterocycles. The summed E-state index contributed by atoms with van der Waals surface area (Å²) in [4.78, 5) is 38.5. The zero-order chi connectivity index (χ0) is 59.2. The van der Waals surface area contributed by atoms with Gasteiger partial charge in [-0.05, 0) is 135 Å². The lowest BCUT2D eigenvalue weighted by Crippen LogP contribution is -2.30. The van der Waals surface area contributed by atoms with Gasteiger partial charge < -0.3 is 14.2 Å². The van der Waals surface area contributed by atoms with Crippen molar-refractivity contribution in [2.75, 3.05) is 13.2 Å². The van der Waals surface area contributed by atoms with Gasteiger partial charge in [-0.1, -0.05) is 289 Å². The molecule has 0 aliphatic carbocycles. The van der Waals surface area contributed by atoms with Crippen LogP contribution in [0.3, 0.4) is 0 Å². The molecule has 466 valence electrons. The van der Waals surface area contributed by atoms with E-state index in [4.69, 9.17) is 14.2 Å². The molecule has 82 heavy (non-hydrogen) atoms. The number of carbonyl (C=O) groups is 3. The second kappa shape index (κ2) is 69.0. The Labute approximate surface area is 506 Å². The number of hydrogen-bond donors (Lipinski definition) is 0. The van der Waals surface area contributed by atoms with Crippen molar-refractivity contribution in [1.29, 1.82) is 0 Å². The first-order chi connectivity index (χ1) is 40.5. The maximum Gasteiger partial charge on any atom is 0.306 e. The predicted molar refractivity (Wildman–Crippen MR) is 357 cm³/mol. The van der Waals surface area contributed by atoms with Gasteiger partial charge in [-0.15, -0.1) is 0 Å². The number of esters is 3. The van der Waals surface area contributed by atoms with Gasteiger partial charge in [-0.3, -0.25) is 14.4 Å². The monoisotopic (exact) mass is 1130 g/mol. The van der Waals surface area contributed by atoms with Gasteiger partial charge >= 0.3 is 17.9 Å². The van der Waals surface area contributed by atoms with Gasteiger partial charge in [0.2, 0.25) is 0 Å². The second-order valence-corrected chi connectivity index (χ2v) is 22.3. The normalized spacial score (nSPS) is 13.0. The van der Waals surface area contributed by atoms with E-state index in [9.17, 15) is 14.4 Å². The molecule has 6 nitrogen and oxygen atoms in total. The minimum absolute atomic E-state index is 0.0912. The number of allylic oxidation sites excluding steroid dienone is 22. The third-order valence-corrected chi connectivity index (χ3v) is 14.4. The third-order valence-electron chi connectivity index (χ3n) is 14.4. The van der Waals surface area contributed by atoms with Crippen LogP contribution in [0.1, 0.15) is 310 Å². The van der Waals surface area contributed by atoms with E-state index < -0.39 is 6.10 Å². The van der Waals surface area contributed by atoms with Gasteiger partial charge in [0.1, 0.15) is 13.2 Å². The third kappa shape index (κ3) is 66.4. The fraction of sp³-hybridized carbons (Fsp3) is 0.671. The Bertz CT molecular complexity index is 1730. The van der Waals surface area contributed by atoms with E-state index in [1.54, 1.807) is 0 Å². The highest BCUT2D eigenvalue weighted by atomic mass is 16.6. The first kappa shape index (κ1) is 77.5. The van der Waals surface area contributed by atoms with E-state index >= 15 is 0 Å². The molecule has 0 N–H and O–H groups in total. The van der Waals surface area contributed by atoms with Crippen LogP contribution in [-0.2, 0) is 28.6 Å². The van der Waals surface area contributed by atoms with Gasteiger partial charge in [0, 0.05) is 19.3 Å². The Morgan fingerprint density at radius 2 is 0.476 bits per heavy atom. The molecule has 0 rings (SSSR count). The molecule has 0 fully saturated rings. The SMILES string of the molecule is CC/C=C\C/C=C\C/C=C\C/C=C\C/C=C\CCCCCCCCCCCC(=O)OCC(COC(=O)CCCCCCC/C=C\CCCCCCCCC)OC(=O)CCCCCCCCC/C=C\C/C=C\C/C=C\C/C=C\C/C=C\CC. The Morgan fingerprint density at radius 3 is 0.756 bits per heavy atom. The maximum absolute atomic E-state index is 13.0. The summed E-state index contributed by atoms with van der Waals surface area (Å²) in [7, 11) is 0. The molecule has 6 heteroatoms. The molecule has 0 aromatic heterocycles. The largest absolute Gasteiger partial charge is 0.462 e. The molecule has 0 bridgehead atoms. The summed E-state index contributed by atoms with van der Waals surface area (Å²) in [5.74, 6) is -0.909. The van der Waals surface area contributed by atoms with E-state index in [2.05, 4.69) is 154 Å². The van der Waals surface area contributed by atoms with Gasteiger partial charge in [0.05, 0.1) is 0 Å². The summed E-state index contributed by atoms with van der Waals surface area (Å²) in [6, 6.07) is 0. The molecule has 1 atom stereocenters. The standard InChI is InChI=1S/C76H126O6/c1-4-7-10-13-16-19-22-25-28-31-33-35-37-38-40-41-43-45-48-51-54-57-60-63-66-69-75(78)81-72-73(71-80-74(77)68-65-62-59-56-53-50-47-30-27-24-21-18-15-12-9-6-3)82-76(79)70-67-64-61-58-55-52-49-46-44-42-39-36-34-32-29-26-23-20-17-14-11-8-5-2/h7-8,10-11,16-17,19-20,25-26,28-30,33-36,38,40,42,44,47,73H,4-6,9,12-15,18,21-24,27,31-32,37,39,41,43,45-46,48-72H2,1-3H3/b10-7-,11-8-,19-16-,20-17-,28-25-,29-26-,35-33-,36-34-,40-38-,44-42-,47-30-.